The third kappa shape index (κ3) is 3.85. The standard InChI is InChI=1S/C18H15F3N2O4S/c1-25-10-4-2-3-9(5-10)11-6-15(18(19,20)21)23-17(22-11)28-14-7-12(24)16-26-8-13(14)27-16/h2-6,13-14,16H,7-8H2,1H3/t13-,14+,16+/m1/s1. The monoisotopic (exact) mass is 412 g/mol. The summed E-state index contributed by atoms with van der Waals surface area (Å²) in [5.74, 6) is 0.269. The summed E-state index contributed by atoms with van der Waals surface area (Å²) in [6.07, 6.45) is -5.75. The molecule has 2 aliphatic heterocycles. The van der Waals surface area contributed by atoms with Crippen LogP contribution >= 0.6 is 11.8 Å². The molecule has 28 heavy (non-hydrogen) atoms. The maximum absolute atomic E-state index is 13.4. The molecule has 0 aliphatic carbocycles. The Labute approximate surface area is 162 Å². The van der Waals surface area contributed by atoms with Crippen molar-refractivity contribution in [3.63, 3.8) is 0 Å². The van der Waals surface area contributed by atoms with Crippen molar-refractivity contribution in [1.82, 2.24) is 9.97 Å². The number of nitrogens with zero attached hydrogens (tertiary/aromatic N) is 2. The van der Waals surface area contributed by atoms with E-state index in [-0.39, 0.29) is 35.8 Å². The summed E-state index contributed by atoms with van der Waals surface area (Å²) < 4.78 is 55.9. The van der Waals surface area contributed by atoms with Crippen LogP contribution in [0.4, 0.5) is 13.2 Å². The van der Waals surface area contributed by atoms with Crippen molar-refractivity contribution in [3.8, 4) is 17.0 Å². The second kappa shape index (κ2) is 7.34. The molecule has 10 heteroatoms. The molecule has 2 aromatic rings. The van der Waals surface area contributed by atoms with Crippen LogP contribution < -0.4 is 4.74 Å². The van der Waals surface area contributed by atoms with E-state index in [1.54, 1.807) is 24.3 Å². The number of fused-ring (bicyclic) bond motifs is 2. The lowest BCUT2D eigenvalue weighted by atomic mass is 10.1. The topological polar surface area (TPSA) is 70.5 Å². The number of carbonyl (C=O) groups is 1. The predicted octanol–water partition coefficient (Wildman–Crippen LogP) is 3.35. The largest absolute Gasteiger partial charge is 0.497 e. The van der Waals surface area contributed by atoms with E-state index in [1.807, 2.05) is 0 Å². The third-order valence-electron chi connectivity index (χ3n) is 4.41. The van der Waals surface area contributed by atoms with Gasteiger partial charge >= 0.3 is 6.18 Å². The molecule has 0 N–H and O–H groups in total. The quantitative estimate of drug-likeness (QED) is 0.714. The van der Waals surface area contributed by atoms with Crippen LogP contribution in [0.5, 0.6) is 5.75 Å². The van der Waals surface area contributed by atoms with Gasteiger partial charge < -0.3 is 14.2 Å². The van der Waals surface area contributed by atoms with Gasteiger partial charge in [-0.2, -0.15) is 13.2 Å². The van der Waals surface area contributed by atoms with E-state index < -0.39 is 23.4 Å². The fourth-order valence-corrected chi connectivity index (χ4v) is 4.13. The molecule has 1 aromatic carbocycles. The Bertz CT molecular complexity index is 909. The minimum atomic E-state index is -4.63. The number of ketones is 1. The van der Waals surface area contributed by atoms with Gasteiger partial charge in [-0.25, -0.2) is 9.97 Å². The highest BCUT2D eigenvalue weighted by Crippen LogP contribution is 2.38. The number of aromatic nitrogens is 2. The molecule has 148 valence electrons. The van der Waals surface area contributed by atoms with Gasteiger partial charge in [0, 0.05) is 17.2 Å². The van der Waals surface area contributed by atoms with Crippen molar-refractivity contribution in [3.05, 3.63) is 36.0 Å². The highest BCUT2D eigenvalue weighted by atomic mass is 32.2. The van der Waals surface area contributed by atoms with E-state index in [0.29, 0.717) is 11.3 Å². The number of benzene rings is 1. The number of halogens is 3. The highest BCUT2D eigenvalue weighted by Gasteiger charge is 2.44. The number of alkyl halides is 3. The number of Topliss-reactive ketones (excluding diaryl/α,β-unsaturated/α-hetero) is 1. The van der Waals surface area contributed by atoms with Crippen molar-refractivity contribution in [2.45, 2.75) is 35.4 Å². The van der Waals surface area contributed by atoms with Crippen LogP contribution in [-0.2, 0) is 20.4 Å². The molecular weight excluding hydrogens is 397 g/mol. The summed E-state index contributed by atoms with van der Waals surface area (Å²) >= 11 is 0.997. The van der Waals surface area contributed by atoms with E-state index >= 15 is 0 Å². The van der Waals surface area contributed by atoms with Crippen LogP contribution in [0.2, 0.25) is 0 Å². The molecule has 0 amide bonds. The van der Waals surface area contributed by atoms with Gasteiger partial charge in [0.1, 0.15) is 11.4 Å². The van der Waals surface area contributed by atoms with Gasteiger partial charge in [0.05, 0.1) is 25.5 Å². The summed E-state index contributed by atoms with van der Waals surface area (Å²) in [6.45, 7) is 0.218. The van der Waals surface area contributed by atoms with Crippen LogP contribution in [0.15, 0.2) is 35.5 Å². The molecule has 0 unspecified atom stereocenters. The summed E-state index contributed by atoms with van der Waals surface area (Å²) in [6, 6.07) is 7.49. The lowest BCUT2D eigenvalue weighted by molar-refractivity contribution is -0.151. The van der Waals surface area contributed by atoms with Gasteiger partial charge in [-0.15, -0.1) is 0 Å². The summed E-state index contributed by atoms with van der Waals surface area (Å²) in [4.78, 5) is 19.9. The number of rotatable bonds is 4. The van der Waals surface area contributed by atoms with E-state index in [9.17, 15) is 18.0 Å². The smallest absolute Gasteiger partial charge is 0.433 e. The highest BCUT2D eigenvalue weighted by molar-refractivity contribution is 7.99. The van der Waals surface area contributed by atoms with Gasteiger partial charge in [-0.05, 0) is 18.2 Å². The molecule has 0 spiro atoms. The number of methoxy groups -OCH3 is 1. The Morgan fingerprint density at radius 3 is 2.82 bits per heavy atom. The molecule has 2 fully saturated rings. The van der Waals surface area contributed by atoms with Crippen LogP contribution in [0.1, 0.15) is 12.1 Å². The first-order valence-corrected chi connectivity index (χ1v) is 9.28. The minimum absolute atomic E-state index is 0.0700. The van der Waals surface area contributed by atoms with Gasteiger partial charge in [0.25, 0.3) is 0 Å². The second-order valence-corrected chi connectivity index (χ2v) is 7.52. The molecule has 2 aliphatic rings. The van der Waals surface area contributed by atoms with Crippen molar-refractivity contribution in [1.29, 1.82) is 0 Å². The zero-order chi connectivity index (χ0) is 19.9. The van der Waals surface area contributed by atoms with Crippen molar-refractivity contribution in [2.24, 2.45) is 0 Å². The van der Waals surface area contributed by atoms with E-state index in [4.69, 9.17) is 14.2 Å². The molecule has 1 aromatic heterocycles. The summed E-state index contributed by atoms with van der Waals surface area (Å²) in [5.41, 5.74) is -0.465. The number of ether oxygens (including phenoxy) is 3. The average molecular weight is 412 g/mol. The fourth-order valence-electron chi connectivity index (χ4n) is 3.02. The van der Waals surface area contributed by atoms with Crippen molar-refractivity contribution >= 4 is 17.5 Å². The molecule has 3 atom stereocenters. The van der Waals surface area contributed by atoms with E-state index in [2.05, 4.69) is 9.97 Å². The normalized spacial score (nSPS) is 24.4. The number of hydrogen-bond donors (Lipinski definition) is 0. The maximum Gasteiger partial charge on any atom is 0.433 e. The molecule has 3 heterocycles. The maximum atomic E-state index is 13.4. The van der Waals surface area contributed by atoms with Crippen molar-refractivity contribution < 1.29 is 32.2 Å². The molecule has 4 rings (SSSR count). The van der Waals surface area contributed by atoms with Crippen molar-refractivity contribution in [2.75, 3.05) is 13.7 Å². The number of thioether (sulfide) groups is 1. The lowest BCUT2D eigenvalue weighted by Gasteiger charge is -2.25. The first-order chi connectivity index (χ1) is 13.3. The minimum Gasteiger partial charge on any atom is -0.497 e. The lowest BCUT2D eigenvalue weighted by Crippen LogP contribution is -2.37. The number of carbonyl (C=O) groups excluding carboxylic acids is 1. The van der Waals surface area contributed by atoms with Crippen LogP contribution in [0.3, 0.4) is 0 Å². The Morgan fingerprint density at radius 1 is 1.25 bits per heavy atom. The summed E-state index contributed by atoms with van der Waals surface area (Å²) in [5, 5.41) is -0.479. The Hall–Kier alpha value is -2.17. The Morgan fingerprint density at radius 2 is 2.07 bits per heavy atom. The molecule has 0 saturated carbocycles. The Kier molecular flexibility index (Phi) is 5.02. The molecule has 6 nitrogen and oxygen atoms in total. The molecule has 2 bridgehead atoms. The first kappa shape index (κ1) is 19.2. The van der Waals surface area contributed by atoms with Gasteiger partial charge in [0.15, 0.2) is 10.9 Å². The van der Waals surface area contributed by atoms with Crippen LogP contribution in [0.25, 0.3) is 11.3 Å². The van der Waals surface area contributed by atoms with Gasteiger partial charge in [-0.1, -0.05) is 23.9 Å². The molecule has 0 radical (unpaired) electrons. The first-order valence-electron chi connectivity index (χ1n) is 8.40. The average Bonchev–Trinajstić information content (AvgIpc) is 3.11. The Balaban J connectivity index is 1.69. The second-order valence-electron chi connectivity index (χ2n) is 6.32. The fraction of sp³-hybridized carbons (Fsp3) is 0.389. The van der Waals surface area contributed by atoms with Gasteiger partial charge in [0.2, 0.25) is 6.29 Å². The van der Waals surface area contributed by atoms with Crippen LogP contribution in [-0.4, -0.2) is 47.1 Å². The zero-order valence-electron chi connectivity index (χ0n) is 14.6. The third-order valence-corrected chi connectivity index (χ3v) is 5.57. The van der Waals surface area contributed by atoms with Crippen LogP contribution in [0, 0.1) is 0 Å². The van der Waals surface area contributed by atoms with E-state index in [0.717, 1.165) is 17.8 Å². The molecule has 2 saturated heterocycles. The SMILES string of the molecule is COc1cccc(-c2cc(C(F)(F)F)nc(S[C@H]3CC(=O)[C@H]4OC[C@H]3O4)n2)c1. The van der Waals surface area contributed by atoms with E-state index in [1.165, 1.54) is 7.11 Å². The zero-order valence-corrected chi connectivity index (χ0v) is 15.4. The molecular formula is C18H15F3N2O4S. The predicted molar refractivity (Wildman–Crippen MR) is 92.9 cm³/mol. The summed E-state index contributed by atoms with van der Waals surface area (Å²) in [7, 11) is 1.47. The van der Waals surface area contributed by atoms with Gasteiger partial charge in [-0.3, -0.25) is 4.79 Å². The number of hydrogen-bond acceptors (Lipinski definition) is 7.